The van der Waals surface area contributed by atoms with Crippen LogP contribution in [0, 0.1) is 6.92 Å². The molecule has 0 unspecified atom stereocenters. The van der Waals surface area contributed by atoms with Gasteiger partial charge in [-0.05, 0) is 18.6 Å². The number of nitrogens with one attached hydrogen (secondary N) is 1. The van der Waals surface area contributed by atoms with Crippen molar-refractivity contribution < 1.29 is 0 Å². The van der Waals surface area contributed by atoms with Crippen molar-refractivity contribution >= 4 is 0 Å². The SMILES string of the molecule is Cc1nn(C)cc1-c1cncc(CNC(C)C)c1. The highest BCUT2D eigenvalue weighted by Crippen LogP contribution is 2.22. The summed E-state index contributed by atoms with van der Waals surface area (Å²) in [5.41, 5.74) is 4.51. The lowest BCUT2D eigenvalue weighted by Gasteiger charge is -2.08. The molecule has 2 rings (SSSR count). The number of rotatable bonds is 4. The highest BCUT2D eigenvalue weighted by Gasteiger charge is 2.07. The molecule has 0 atom stereocenters. The summed E-state index contributed by atoms with van der Waals surface area (Å²) < 4.78 is 1.84. The van der Waals surface area contributed by atoms with Gasteiger partial charge in [0.15, 0.2) is 0 Å². The molecule has 0 saturated heterocycles. The van der Waals surface area contributed by atoms with E-state index in [9.17, 15) is 0 Å². The largest absolute Gasteiger partial charge is 0.310 e. The van der Waals surface area contributed by atoms with Crippen LogP contribution in [0.4, 0.5) is 0 Å². The van der Waals surface area contributed by atoms with E-state index in [0.29, 0.717) is 6.04 Å². The van der Waals surface area contributed by atoms with Crippen LogP contribution in [0.3, 0.4) is 0 Å². The predicted molar refractivity (Wildman–Crippen MR) is 73.2 cm³/mol. The van der Waals surface area contributed by atoms with E-state index in [4.69, 9.17) is 0 Å². The lowest BCUT2D eigenvalue weighted by molar-refractivity contribution is 0.588. The zero-order chi connectivity index (χ0) is 13.1. The number of hydrogen-bond donors (Lipinski definition) is 1. The first-order chi connectivity index (χ1) is 8.56. The summed E-state index contributed by atoms with van der Waals surface area (Å²) in [5.74, 6) is 0. The van der Waals surface area contributed by atoms with E-state index < -0.39 is 0 Å². The number of pyridine rings is 1. The molecule has 4 heteroatoms. The van der Waals surface area contributed by atoms with Crippen molar-refractivity contribution in [1.29, 1.82) is 0 Å². The van der Waals surface area contributed by atoms with Crippen LogP contribution >= 0.6 is 0 Å². The van der Waals surface area contributed by atoms with E-state index in [-0.39, 0.29) is 0 Å². The quantitative estimate of drug-likeness (QED) is 0.897. The molecular formula is C14H20N4. The molecule has 0 aliphatic rings. The third kappa shape index (κ3) is 2.96. The third-order valence-electron chi connectivity index (χ3n) is 2.83. The normalized spacial score (nSPS) is 11.2. The van der Waals surface area contributed by atoms with Gasteiger partial charge in [-0.25, -0.2) is 0 Å². The van der Waals surface area contributed by atoms with Gasteiger partial charge in [-0.2, -0.15) is 5.10 Å². The monoisotopic (exact) mass is 244 g/mol. The van der Waals surface area contributed by atoms with E-state index in [1.165, 1.54) is 5.56 Å². The van der Waals surface area contributed by atoms with Crippen LogP contribution in [0.15, 0.2) is 24.7 Å². The Balaban J connectivity index is 2.24. The van der Waals surface area contributed by atoms with Gasteiger partial charge in [-0.1, -0.05) is 13.8 Å². The van der Waals surface area contributed by atoms with Crippen LogP contribution in [-0.2, 0) is 13.6 Å². The van der Waals surface area contributed by atoms with Crippen LogP contribution < -0.4 is 5.32 Å². The van der Waals surface area contributed by atoms with Crippen LogP contribution in [0.5, 0.6) is 0 Å². The lowest BCUT2D eigenvalue weighted by atomic mass is 10.1. The van der Waals surface area contributed by atoms with Crippen LogP contribution in [-0.4, -0.2) is 20.8 Å². The van der Waals surface area contributed by atoms with Gasteiger partial charge in [0.1, 0.15) is 0 Å². The molecule has 0 bridgehead atoms. The molecule has 1 N–H and O–H groups in total. The van der Waals surface area contributed by atoms with Crippen molar-refractivity contribution in [3.8, 4) is 11.1 Å². The predicted octanol–water partition coefficient (Wildman–Crippen LogP) is 2.29. The molecule has 2 aromatic rings. The summed E-state index contributed by atoms with van der Waals surface area (Å²) >= 11 is 0. The lowest BCUT2D eigenvalue weighted by Crippen LogP contribution is -2.21. The molecule has 0 aliphatic carbocycles. The summed E-state index contributed by atoms with van der Waals surface area (Å²) in [6.07, 6.45) is 5.83. The third-order valence-corrected chi connectivity index (χ3v) is 2.83. The number of aryl methyl sites for hydroxylation is 2. The first-order valence-corrected chi connectivity index (χ1v) is 6.24. The molecule has 96 valence electrons. The zero-order valence-corrected chi connectivity index (χ0v) is 11.4. The van der Waals surface area contributed by atoms with Gasteiger partial charge in [0, 0.05) is 49.4 Å². The Bertz CT molecular complexity index is 528. The molecule has 2 heterocycles. The standard InChI is InChI=1S/C14H20N4/c1-10(2)16-7-12-5-13(8-15-6-12)14-9-18(4)17-11(14)3/h5-6,8-10,16H,7H2,1-4H3. The van der Waals surface area contributed by atoms with E-state index >= 15 is 0 Å². The van der Waals surface area contributed by atoms with Gasteiger partial charge in [0.05, 0.1) is 5.69 Å². The highest BCUT2D eigenvalue weighted by molar-refractivity contribution is 5.64. The Morgan fingerprint density at radius 3 is 2.72 bits per heavy atom. The number of aromatic nitrogens is 3. The van der Waals surface area contributed by atoms with Crippen LogP contribution in [0.25, 0.3) is 11.1 Å². The molecule has 2 aromatic heterocycles. The average molecular weight is 244 g/mol. The van der Waals surface area contributed by atoms with Gasteiger partial charge in [0.25, 0.3) is 0 Å². The van der Waals surface area contributed by atoms with E-state index in [2.05, 4.69) is 35.3 Å². The second kappa shape index (κ2) is 5.31. The highest BCUT2D eigenvalue weighted by atomic mass is 15.2. The van der Waals surface area contributed by atoms with Crippen LogP contribution in [0.1, 0.15) is 25.1 Å². The molecule has 18 heavy (non-hydrogen) atoms. The van der Waals surface area contributed by atoms with Gasteiger partial charge in [-0.3, -0.25) is 9.67 Å². The summed E-state index contributed by atoms with van der Waals surface area (Å²) in [6.45, 7) is 7.15. The number of nitrogens with zero attached hydrogens (tertiary/aromatic N) is 3. The van der Waals surface area contributed by atoms with Crippen molar-refractivity contribution in [3.63, 3.8) is 0 Å². The molecule has 0 aromatic carbocycles. The summed E-state index contributed by atoms with van der Waals surface area (Å²) in [7, 11) is 1.94. The Morgan fingerprint density at radius 2 is 2.11 bits per heavy atom. The Hall–Kier alpha value is -1.68. The Morgan fingerprint density at radius 1 is 1.33 bits per heavy atom. The molecule has 0 fully saturated rings. The van der Waals surface area contributed by atoms with E-state index in [1.807, 2.05) is 37.2 Å². The molecule has 0 amide bonds. The van der Waals surface area contributed by atoms with Gasteiger partial charge >= 0.3 is 0 Å². The minimum atomic E-state index is 0.480. The van der Waals surface area contributed by atoms with Crippen molar-refractivity contribution in [1.82, 2.24) is 20.1 Å². The van der Waals surface area contributed by atoms with Crippen molar-refractivity contribution in [3.05, 3.63) is 35.9 Å². The van der Waals surface area contributed by atoms with Gasteiger partial charge < -0.3 is 5.32 Å². The first-order valence-electron chi connectivity index (χ1n) is 6.24. The minimum Gasteiger partial charge on any atom is -0.310 e. The van der Waals surface area contributed by atoms with E-state index in [1.54, 1.807) is 0 Å². The van der Waals surface area contributed by atoms with Crippen LogP contribution in [0.2, 0.25) is 0 Å². The van der Waals surface area contributed by atoms with E-state index in [0.717, 1.165) is 23.4 Å². The second-order valence-electron chi connectivity index (χ2n) is 4.92. The molecular weight excluding hydrogens is 224 g/mol. The fourth-order valence-corrected chi connectivity index (χ4v) is 1.94. The smallest absolute Gasteiger partial charge is 0.0672 e. The average Bonchev–Trinajstić information content (AvgIpc) is 2.66. The minimum absolute atomic E-state index is 0.480. The fourth-order valence-electron chi connectivity index (χ4n) is 1.94. The Kier molecular flexibility index (Phi) is 3.77. The van der Waals surface area contributed by atoms with Gasteiger partial charge in [0.2, 0.25) is 0 Å². The fraction of sp³-hybridized carbons (Fsp3) is 0.429. The molecule has 4 nitrogen and oxygen atoms in total. The van der Waals surface area contributed by atoms with Crippen molar-refractivity contribution in [2.45, 2.75) is 33.4 Å². The summed E-state index contributed by atoms with van der Waals surface area (Å²) in [5, 5.41) is 7.76. The maximum Gasteiger partial charge on any atom is 0.0672 e. The maximum atomic E-state index is 4.36. The maximum absolute atomic E-state index is 4.36. The van der Waals surface area contributed by atoms with Gasteiger partial charge in [-0.15, -0.1) is 0 Å². The first kappa shape index (κ1) is 12.8. The molecule has 0 saturated carbocycles. The molecule has 0 radical (unpaired) electrons. The second-order valence-corrected chi connectivity index (χ2v) is 4.92. The number of hydrogen-bond acceptors (Lipinski definition) is 3. The molecule has 0 spiro atoms. The summed E-state index contributed by atoms with van der Waals surface area (Å²) in [6, 6.07) is 2.65. The Labute approximate surface area is 108 Å². The zero-order valence-electron chi connectivity index (χ0n) is 11.4. The van der Waals surface area contributed by atoms with Crippen molar-refractivity contribution in [2.24, 2.45) is 7.05 Å². The molecule has 0 aliphatic heterocycles. The van der Waals surface area contributed by atoms with Crippen molar-refractivity contribution in [2.75, 3.05) is 0 Å². The summed E-state index contributed by atoms with van der Waals surface area (Å²) in [4.78, 5) is 4.31. The topological polar surface area (TPSA) is 42.7 Å².